The Balaban J connectivity index is 1.89. The highest BCUT2D eigenvalue weighted by molar-refractivity contribution is 6.34. The van der Waals surface area contributed by atoms with Gasteiger partial charge in [0.05, 0.1) is 21.8 Å². The number of nitrogen functional groups attached to an aromatic ring is 1. The van der Waals surface area contributed by atoms with Crippen molar-refractivity contribution in [2.45, 2.75) is 13.1 Å². The highest BCUT2D eigenvalue weighted by Crippen LogP contribution is 2.40. The summed E-state index contributed by atoms with van der Waals surface area (Å²) in [7, 11) is 0. The Morgan fingerprint density at radius 2 is 1.86 bits per heavy atom. The highest BCUT2D eigenvalue weighted by atomic mass is 35.5. The molecule has 3 N–H and O–H groups in total. The quantitative estimate of drug-likeness (QED) is 0.656. The summed E-state index contributed by atoms with van der Waals surface area (Å²) in [5.41, 5.74) is 5.79. The third-order valence-corrected chi connectivity index (χ3v) is 5.29. The maximum absolute atomic E-state index is 13.4. The molecule has 0 radical (unpaired) electrons. The Morgan fingerprint density at radius 3 is 2.55 bits per heavy atom. The summed E-state index contributed by atoms with van der Waals surface area (Å²) in [6, 6.07) is 4.15. The monoisotopic (exact) mass is 422 g/mol. The van der Waals surface area contributed by atoms with Gasteiger partial charge in [0.2, 0.25) is 0 Å². The highest BCUT2D eigenvalue weighted by Gasteiger charge is 2.34. The molecule has 3 aromatic rings. The first-order chi connectivity index (χ1) is 13.8. The average molecular weight is 423 g/mol. The number of pyridine rings is 1. The van der Waals surface area contributed by atoms with Gasteiger partial charge in [-0.15, -0.1) is 0 Å². The molecule has 2 aromatic heterocycles. The van der Waals surface area contributed by atoms with E-state index in [9.17, 15) is 13.2 Å². The van der Waals surface area contributed by atoms with E-state index in [0.717, 1.165) is 43.4 Å². The number of nitrogens with two attached hydrogens (primary N) is 1. The Labute approximate surface area is 169 Å². The zero-order valence-corrected chi connectivity index (χ0v) is 16.3. The second-order valence-electron chi connectivity index (χ2n) is 6.85. The second-order valence-corrected chi connectivity index (χ2v) is 7.26. The summed E-state index contributed by atoms with van der Waals surface area (Å²) < 4.78 is 40.2. The summed E-state index contributed by atoms with van der Waals surface area (Å²) in [5, 5.41) is 4.28. The first-order valence-electron chi connectivity index (χ1n) is 9.00. The number of fused-ring (bicyclic) bond motifs is 1. The molecule has 1 fully saturated rings. The van der Waals surface area contributed by atoms with Crippen LogP contribution in [-0.2, 0) is 6.18 Å². The molecular formula is C19H18ClF3N6. The van der Waals surface area contributed by atoms with Crippen molar-refractivity contribution in [2.24, 2.45) is 0 Å². The van der Waals surface area contributed by atoms with Crippen molar-refractivity contribution in [1.82, 2.24) is 20.3 Å². The molecule has 0 saturated carbocycles. The number of hydrogen-bond donors (Lipinski definition) is 2. The molecule has 152 valence electrons. The van der Waals surface area contributed by atoms with Crippen molar-refractivity contribution < 1.29 is 13.2 Å². The largest absolute Gasteiger partial charge is 0.416 e. The van der Waals surface area contributed by atoms with Crippen LogP contribution in [0.1, 0.15) is 11.1 Å². The Kier molecular flexibility index (Phi) is 4.95. The number of nitrogens with zero attached hydrogens (tertiary/aromatic N) is 4. The van der Waals surface area contributed by atoms with Gasteiger partial charge < -0.3 is 16.0 Å². The molecule has 0 spiro atoms. The fourth-order valence-corrected chi connectivity index (χ4v) is 3.81. The van der Waals surface area contributed by atoms with E-state index in [-0.39, 0.29) is 22.1 Å². The number of hydrogen-bond acceptors (Lipinski definition) is 6. The Hall–Kier alpha value is -2.65. The van der Waals surface area contributed by atoms with Crippen LogP contribution < -0.4 is 16.0 Å². The molecule has 1 aromatic carbocycles. The molecular weight excluding hydrogens is 405 g/mol. The molecule has 1 saturated heterocycles. The third-order valence-electron chi connectivity index (χ3n) is 4.97. The molecule has 0 unspecified atom stereocenters. The van der Waals surface area contributed by atoms with Gasteiger partial charge >= 0.3 is 6.18 Å². The first kappa shape index (κ1) is 19.7. The maximum atomic E-state index is 13.4. The average Bonchev–Trinajstić information content (AvgIpc) is 2.68. The minimum atomic E-state index is -4.54. The molecule has 10 heteroatoms. The van der Waals surface area contributed by atoms with Crippen LogP contribution in [0.5, 0.6) is 0 Å². The smallest absolute Gasteiger partial charge is 0.384 e. The van der Waals surface area contributed by atoms with Crippen LogP contribution >= 0.6 is 11.6 Å². The fourth-order valence-electron chi connectivity index (χ4n) is 3.56. The van der Waals surface area contributed by atoms with Gasteiger partial charge in [0.15, 0.2) is 0 Å². The van der Waals surface area contributed by atoms with E-state index in [1.165, 1.54) is 13.3 Å². The molecule has 1 aliphatic rings. The minimum Gasteiger partial charge on any atom is -0.384 e. The minimum absolute atomic E-state index is 0.0377. The molecule has 0 amide bonds. The molecule has 1 aliphatic heterocycles. The zero-order valence-electron chi connectivity index (χ0n) is 15.5. The van der Waals surface area contributed by atoms with Gasteiger partial charge in [-0.25, -0.2) is 15.0 Å². The lowest BCUT2D eigenvalue weighted by Gasteiger charge is -2.29. The van der Waals surface area contributed by atoms with Gasteiger partial charge in [-0.1, -0.05) is 11.6 Å². The number of anilines is 2. The predicted molar refractivity (Wildman–Crippen MR) is 107 cm³/mol. The van der Waals surface area contributed by atoms with E-state index < -0.39 is 11.7 Å². The topological polar surface area (TPSA) is 80.0 Å². The number of halogens is 4. The van der Waals surface area contributed by atoms with E-state index in [4.69, 9.17) is 17.3 Å². The summed E-state index contributed by atoms with van der Waals surface area (Å²) >= 11 is 6.49. The number of rotatable bonds is 2. The standard InChI is InChI=1S/C19H18ClF3N6/c1-10-13(19(21,22)23)8-16(24)28-17(10)11-7-15-12(6-14(11)20)18(27-9-26-15)29-4-2-25-3-5-29/h6-9,25H,2-5H2,1H3,(H2,24,28). The van der Waals surface area contributed by atoms with Crippen LogP contribution in [0.4, 0.5) is 24.8 Å². The van der Waals surface area contributed by atoms with Crippen LogP contribution in [0.3, 0.4) is 0 Å². The third kappa shape index (κ3) is 3.67. The van der Waals surface area contributed by atoms with Crippen molar-refractivity contribution in [3.05, 3.63) is 40.7 Å². The fraction of sp³-hybridized carbons (Fsp3) is 0.316. The SMILES string of the molecule is Cc1c(C(F)(F)F)cc(N)nc1-c1cc2ncnc(N3CCNCC3)c2cc1Cl. The zero-order chi connectivity index (χ0) is 20.8. The number of benzene rings is 1. The predicted octanol–water partition coefficient (Wildman–Crippen LogP) is 3.66. The van der Waals surface area contributed by atoms with E-state index in [2.05, 4.69) is 25.2 Å². The molecule has 0 atom stereocenters. The van der Waals surface area contributed by atoms with Crippen molar-refractivity contribution >= 4 is 34.1 Å². The first-order valence-corrected chi connectivity index (χ1v) is 9.38. The molecule has 29 heavy (non-hydrogen) atoms. The van der Waals surface area contributed by atoms with E-state index in [1.54, 1.807) is 12.1 Å². The summed E-state index contributed by atoms with van der Waals surface area (Å²) in [6.07, 6.45) is -3.10. The van der Waals surface area contributed by atoms with Gasteiger partial charge in [0.1, 0.15) is 18.0 Å². The Morgan fingerprint density at radius 1 is 1.14 bits per heavy atom. The van der Waals surface area contributed by atoms with Crippen molar-refractivity contribution in [2.75, 3.05) is 36.8 Å². The molecule has 6 nitrogen and oxygen atoms in total. The van der Waals surface area contributed by atoms with E-state index >= 15 is 0 Å². The number of piperazine rings is 1. The van der Waals surface area contributed by atoms with Gasteiger partial charge in [-0.3, -0.25) is 0 Å². The molecule has 0 bridgehead atoms. The Bertz CT molecular complexity index is 1080. The van der Waals surface area contributed by atoms with Crippen molar-refractivity contribution in [3.63, 3.8) is 0 Å². The summed E-state index contributed by atoms with van der Waals surface area (Å²) in [4.78, 5) is 14.9. The normalized spacial score (nSPS) is 15.1. The summed E-state index contributed by atoms with van der Waals surface area (Å²) in [5.74, 6) is 0.525. The lowest BCUT2D eigenvalue weighted by molar-refractivity contribution is -0.138. The second kappa shape index (κ2) is 7.31. The molecule has 0 aliphatic carbocycles. The van der Waals surface area contributed by atoms with Gasteiger partial charge in [-0.2, -0.15) is 13.2 Å². The van der Waals surface area contributed by atoms with Gasteiger partial charge in [0, 0.05) is 37.1 Å². The van der Waals surface area contributed by atoms with Gasteiger partial charge in [0.25, 0.3) is 0 Å². The van der Waals surface area contributed by atoms with Crippen LogP contribution in [0.2, 0.25) is 5.02 Å². The lowest BCUT2D eigenvalue weighted by atomic mass is 10.00. The summed E-state index contributed by atoms with van der Waals surface area (Å²) in [6.45, 7) is 4.61. The van der Waals surface area contributed by atoms with Crippen LogP contribution in [-0.4, -0.2) is 41.1 Å². The number of aromatic nitrogens is 3. The van der Waals surface area contributed by atoms with E-state index in [0.29, 0.717) is 11.1 Å². The van der Waals surface area contributed by atoms with Crippen molar-refractivity contribution in [3.8, 4) is 11.3 Å². The van der Waals surface area contributed by atoms with E-state index in [1.807, 2.05) is 0 Å². The molecule has 4 rings (SSSR count). The number of nitrogens with one attached hydrogen (secondary N) is 1. The van der Waals surface area contributed by atoms with Crippen LogP contribution in [0, 0.1) is 6.92 Å². The molecule has 3 heterocycles. The van der Waals surface area contributed by atoms with Crippen LogP contribution in [0.15, 0.2) is 24.5 Å². The lowest BCUT2D eigenvalue weighted by Crippen LogP contribution is -2.44. The number of alkyl halides is 3. The van der Waals surface area contributed by atoms with Gasteiger partial charge in [-0.05, 0) is 30.7 Å². The van der Waals surface area contributed by atoms with Crippen LogP contribution in [0.25, 0.3) is 22.2 Å². The van der Waals surface area contributed by atoms with Crippen molar-refractivity contribution in [1.29, 1.82) is 0 Å². The maximum Gasteiger partial charge on any atom is 0.416 e.